The van der Waals surface area contributed by atoms with Crippen LogP contribution in [0.2, 0.25) is 0 Å². The standard InChI is InChI=1S/C12H13N5O3/c1-13-9-4-3-8(7-10(9)17(19)20)12(18)14-11-5-6-16(2)15-11/h3-7,13H,1-2H3,(H,14,15,18). The Morgan fingerprint density at radius 1 is 1.40 bits per heavy atom. The van der Waals surface area contributed by atoms with Crippen LogP contribution in [-0.4, -0.2) is 27.7 Å². The Morgan fingerprint density at radius 2 is 2.15 bits per heavy atom. The number of hydrogen-bond donors (Lipinski definition) is 2. The molecule has 0 saturated heterocycles. The summed E-state index contributed by atoms with van der Waals surface area (Å²) >= 11 is 0. The number of nitrogens with zero attached hydrogens (tertiary/aromatic N) is 3. The lowest BCUT2D eigenvalue weighted by atomic mass is 10.1. The number of aromatic nitrogens is 2. The quantitative estimate of drug-likeness (QED) is 0.652. The highest BCUT2D eigenvalue weighted by Crippen LogP contribution is 2.25. The largest absolute Gasteiger partial charge is 0.383 e. The third-order valence-electron chi connectivity index (χ3n) is 2.68. The summed E-state index contributed by atoms with van der Waals surface area (Å²) in [6.45, 7) is 0. The van der Waals surface area contributed by atoms with E-state index in [9.17, 15) is 14.9 Å². The molecule has 104 valence electrons. The first-order valence-electron chi connectivity index (χ1n) is 5.78. The van der Waals surface area contributed by atoms with Gasteiger partial charge in [-0.25, -0.2) is 0 Å². The number of benzene rings is 1. The first-order chi connectivity index (χ1) is 9.51. The first kappa shape index (κ1) is 13.5. The van der Waals surface area contributed by atoms with E-state index in [0.717, 1.165) is 0 Å². The van der Waals surface area contributed by atoms with Gasteiger partial charge in [0.25, 0.3) is 11.6 Å². The maximum absolute atomic E-state index is 12.0. The molecule has 8 heteroatoms. The molecule has 0 aliphatic heterocycles. The van der Waals surface area contributed by atoms with Crippen molar-refractivity contribution >= 4 is 23.1 Å². The lowest BCUT2D eigenvalue weighted by molar-refractivity contribution is -0.384. The van der Waals surface area contributed by atoms with Crippen molar-refractivity contribution in [2.75, 3.05) is 17.7 Å². The average molecular weight is 275 g/mol. The van der Waals surface area contributed by atoms with Gasteiger partial charge in [0.1, 0.15) is 5.69 Å². The van der Waals surface area contributed by atoms with Crippen LogP contribution in [0.5, 0.6) is 0 Å². The van der Waals surface area contributed by atoms with Gasteiger partial charge in [0, 0.05) is 38.0 Å². The minimum absolute atomic E-state index is 0.152. The van der Waals surface area contributed by atoms with E-state index in [1.54, 1.807) is 31.0 Å². The van der Waals surface area contributed by atoms with Crippen LogP contribution in [0.3, 0.4) is 0 Å². The Balaban J connectivity index is 2.26. The van der Waals surface area contributed by atoms with Crippen molar-refractivity contribution in [3.63, 3.8) is 0 Å². The van der Waals surface area contributed by atoms with E-state index in [-0.39, 0.29) is 11.3 Å². The lowest BCUT2D eigenvalue weighted by Crippen LogP contribution is -2.13. The Bertz CT molecular complexity index is 665. The number of nitro groups is 1. The van der Waals surface area contributed by atoms with Crippen LogP contribution in [0.1, 0.15) is 10.4 Å². The molecule has 1 amide bonds. The minimum atomic E-state index is -0.538. The van der Waals surface area contributed by atoms with E-state index >= 15 is 0 Å². The molecule has 1 aromatic carbocycles. The van der Waals surface area contributed by atoms with Gasteiger partial charge >= 0.3 is 0 Å². The second-order valence-electron chi connectivity index (χ2n) is 4.07. The summed E-state index contributed by atoms with van der Waals surface area (Å²) in [5, 5.41) is 20.2. The summed E-state index contributed by atoms with van der Waals surface area (Å²) in [5.41, 5.74) is 0.395. The fraction of sp³-hybridized carbons (Fsp3) is 0.167. The summed E-state index contributed by atoms with van der Waals surface area (Å²) in [6, 6.07) is 5.86. The highest BCUT2D eigenvalue weighted by atomic mass is 16.6. The van der Waals surface area contributed by atoms with Crippen molar-refractivity contribution in [3.8, 4) is 0 Å². The normalized spacial score (nSPS) is 10.1. The molecule has 2 aromatic rings. The molecule has 2 N–H and O–H groups in total. The molecule has 1 aromatic heterocycles. The molecule has 1 heterocycles. The number of anilines is 2. The zero-order valence-electron chi connectivity index (χ0n) is 11.0. The van der Waals surface area contributed by atoms with Crippen molar-refractivity contribution in [1.29, 1.82) is 0 Å². The Kier molecular flexibility index (Phi) is 3.65. The number of hydrogen-bond acceptors (Lipinski definition) is 5. The summed E-state index contributed by atoms with van der Waals surface area (Å²) in [6.07, 6.45) is 1.68. The van der Waals surface area contributed by atoms with Crippen molar-refractivity contribution < 1.29 is 9.72 Å². The molecule has 0 radical (unpaired) electrons. The zero-order valence-corrected chi connectivity index (χ0v) is 11.0. The maximum Gasteiger partial charge on any atom is 0.293 e. The van der Waals surface area contributed by atoms with Crippen molar-refractivity contribution in [1.82, 2.24) is 9.78 Å². The summed E-state index contributed by atoms with van der Waals surface area (Å²) < 4.78 is 1.54. The number of carbonyl (C=O) groups is 1. The summed E-state index contributed by atoms with van der Waals surface area (Å²) in [4.78, 5) is 22.4. The molecule has 20 heavy (non-hydrogen) atoms. The second kappa shape index (κ2) is 5.39. The number of carbonyl (C=O) groups excluding carboxylic acids is 1. The molecule has 0 aliphatic rings. The van der Waals surface area contributed by atoms with Gasteiger partial charge in [-0.15, -0.1) is 0 Å². The van der Waals surface area contributed by atoms with Gasteiger partial charge in [-0.2, -0.15) is 5.10 Å². The number of aryl methyl sites for hydroxylation is 1. The van der Waals surface area contributed by atoms with Crippen LogP contribution in [0.25, 0.3) is 0 Å². The monoisotopic (exact) mass is 275 g/mol. The molecule has 0 bridgehead atoms. The van der Waals surface area contributed by atoms with E-state index in [1.807, 2.05) is 0 Å². The first-order valence-corrected chi connectivity index (χ1v) is 5.78. The van der Waals surface area contributed by atoms with Crippen molar-refractivity contribution in [3.05, 3.63) is 46.1 Å². The predicted molar refractivity (Wildman–Crippen MR) is 73.8 cm³/mol. The van der Waals surface area contributed by atoms with E-state index < -0.39 is 10.8 Å². The Labute approximate surface area is 114 Å². The summed E-state index contributed by atoms with van der Waals surface area (Å²) in [7, 11) is 3.30. The third-order valence-corrected chi connectivity index (χ3v) is 2.68. The van der Waals surface area contributed by atoms with Crippen LogP contribution < -0.4 is 10.6 Å². The molecule has 0 fully saturated rings. The molecule has 0 saturated carbocycles. The smallest absolute Gasteiger partial charge is 0.293 e. The van der Waals surface area contributed by atoms with Gasteiger partial charge < -0.3 is 10.6 Å². The van der Waals surface area contributed by atoms with Gasteiger partial charge in [-0.3, -0.25) is 19.6 Å². The summed E-state index contributed by atoms with van der Waals surface area (Å²) in [5.74, 6) is -0.0627. The Hall–Kier alpha value is -2.90. The van der Waals surface area contributed by atoms with E-state index in [2.05, 4.69) is 15.7 Å². The highest BCUT2D eigenvalue weighted by molar-refractivity contribution is 6.04. The number of nitro benzene ring substituents is 1. The van der Waals surface area contributed by atoms with Gasteiger partial charge in [0.2, 0.25) is 0 Å². The molecule has 0 aliphatic carbocycles. The number of amides is 1. The van der Waals surface area contributed by atoms with Gasteiger partial charge in [0.05, 0.1) is 4.92 Å². The molecule has 0 atom stereocenters. The topological polar surface area (TPSA) is 102 Å². The second-order valence-corrected chi connectivity index (χ2v) is 4.07. The molecular weight excluding hydrogens is 262 g/mol. The zero-order chi connectivity index (χ0) is 14.7. The fourth-order valence-corrected chi connectivity index (χ4v) is 1.71. The van der Waals surface area contributed by atoms with Crippen molar-refractivity contribution in [2.45, 2.75) is 0 Å². The average Bonchev–Trinajstić information content (AvgIpc) is 2.83. The van der Waals surface area contributed by atoms with Gasteiger partial charge in [0.15, 0.2) is 5.82 Å². The third kappa shape index (κ3) is 2.74. The van der Waals surface area contributed by atoms with Crippen LogP contribution in [0.4, 0.5) is 17.2 Å². The van der Waals surface area contributed by atoms with E-state index in [0.29, 0.717) is 11.5 Å². The highest BCUT2D eigenvalue weighted by Gasteiger charge is 2.17. The molecule has 8 nitrogen and oxygen atoms in total. The van der Waals surface area contributed by atoms with Crippen molar-refractivity contribution in [2.24, 2.45) is 7.05 Å². The van der Waals surface area contributed by atoms with E-state index in [4.69, 9.17) is 0 Å². The van der Waals surface area contributed by atoms with Crippen LogP contribution >= 0.6 is 0 Å². The maximum atomic E-state index is 12.0. The molecule has 0 unspecified atom stereocenters. The van der Waals surface area contributed by atoms with Crippen LogP contribution in [0.15, 0.2) is 30.5 Å². The molecular formula is C12H13N5O3. The lowest BCUT2D eigenvalue weighted by Gasteiger charge is -2.05. The number of rotatable bonds is 4. The predicted octanol–water partition coefficient (Wildman–Crippen LogP) is 1.62. The van der Waals surface area contributed by atoms with Crippen LogP contribution in [0, 0.1) is 10.1 Å². The van der Waals surface area contributed by atoms with Crippen LogP contribution in [-0.2, 0) is 7.05 Å². The minimum Gasteiger partial charge on any atom is -0.383 e. The molecule has 2 rings (SSSR count). The fourth-order valence-electron chi connectivity index (χ4n) is 1.71. The Morgan fingerprint density at radius 3 is 2.70 bits per heavy atom. The van der Waals surface area contributed by atoms with E-state index in [1.165, 1.54) is 18.2 Å². The molecule has 0 spiro atoms. The van der Waals surface area contributed by atoms with Gasteiger partial charge in [-0.1, -0.05) is 0 Å². The van der Waals surface area contributed by atoms with Gasteiger partial charge in [-0.05, 0) is 12.1 Å². The SMILES string of the molecule is CNc1ccc(C(=O)Nc2ccn(C)n2)cc1[N+](=O)[O-]. The number of nitrogens with one attached hydrogen (secondary N) is 2.